The van der Waals surface area contributed by atoms with Gasteiger partial charge in [0.15, 0.2) is 5.82 Å². The molecule has 0 saturated carbocycles. The van der Waals surface area contributed by atoms with Gasteiger partial charge in [-0.2, -0.15) is 4.68 Å². The Hall–Kier alpha value is -2.67. The third kappa shape index (κ3) is 5.62. The third-order valence-electron chi connectivity index (χ3n) is 7.44. The molecule has 1 aromatic heterocycles. The normalized spacial score (nSPS) is 20.3. The molecule has 2 amide bonds. The summed E-state index contributed by atoms with van der Waals surface area (Å²) in [4.78, 5) is 30.5. The van der Waals surface area contributed by atoms with Crippen LogP contribution in [0.3, 0.4) is 0 Å². The van der Waals surface area contributed by atoms with Crippen LogP contribution < -0.4 is 10.2 Å². The summed E-state index contributed by atoms with van der Waals surface area (Å²) < 4.78 is 26.5. The van der Waals surface area contributed by atoms with Gasteiger partial charge in [-0.1, -0.05) is 17.7 Å². The molecule has 13 heteroatoms. The fourth-order valence-electron chi connectivity index (χ4n) is 5.46. The second kappa shape index (κ2) is 9.90. The Morgan fingerprint density at radius 3 is 2.49 bits per heavy atom. The molecule has 3 aliphatic heterocycles. The van der Waals surface area contributed by atoms with Crippen molar-refractivity contribution in [3.8, 4) is 0 Å². The van der Waals surface area contributed by atoms with Gasteiger partial charge in [-0.05, 0) is 24.1 Å². The average Bonchev–Trinajstić information content (AvgIpc) is 3.46. The number of nitrogens with one attached hydrogen (secondary N) is 1. The van der Waals surface area contributed by atoms with Gasteiger partial charge in [0.2, 0.25) is 15.9 Å². The number of anilines is 2. The van der Waals surface area contributed by atoms with Gasteiger partial charge in [0.25, 0.3) is 0 Å². The van der Waals surface area contributed by atoms with Crippen LogP contribution in [0.5, 0.6) is 0 Å². The topological polar surface area (TPSA) is 111 Å². The molecule has 1 N–H and O–H groups in total. The van der Waals surface area contributed by atoms with Crippen molar-refractivity contribution in [2.45, 2.75) is 19.9 Å². The van der Waals surface area contributed by atoms with Crippen LogP contribution in [0.1, 0.15) is 18.9 Å². The molecule has 0 radical (unpaired) electrons. The number of hydrogen-bond acceptors (Lipinski definition) is 7. The Labute approximate surface area is 222 Å². The first-order valence-corrected chi connectivity index (χ1v) is 14.6. The molecule has 0 bridgehead atoms. The van der Waals surface area contributed by atoms with Crippen molar-refractivity contribution in [3.05, 3.63) is 41.0 Å². The lowest BCUT2D eigenvalue weighted by Gasteiger charge is -2.46. The number of halogens is 1. The Balaban J connectivity index is 1.19. The summed E-state index contributed by atoms with van der Waals surface area (Å²) in [7, 11) is -3.14. The lowest BCUT2D eigenvalue weighted by atomic mass is 9.81. The van der Waals surface area contributed by atoms with E-state index in [1.165, 1.54) is 23.4 Å². The van der Waals surface area contributed by atoms with E-state index in [9.17, 15) is 18.0 Å². The molecule has 3 saturated heterocycles. The summed E-state index contributed by atoms with van der Waals surface area (Å²) in [6.07, 6.45) is 3.79. The van der Waals surface area contributed by atoms with Crippen molar-refractivity contribution in [1.29, 1.82) is 0 Å². The Morgan fingerprint density at radius 2 is 1.81 bits per heavy atom. The monoisotopic (exact) mass is 549 g/mol. The number of carbonyl (C=O) groups is 2. The molecular formula is C24H32ClN7O4S. The van der Waals surface area contributed by atoms with Crippen molar-refractivity contribution >= 4 is 45.1 Å². The highest BCUT2D eigenvalue weighted by Gasteiger charge is 2.50. The van der Waals surface area contributed by atoms with Crippen LogP contribution in [0.15, 0.2) is 30.5 Å². The van der Waals surface area contributed by atoms with E-state index < -0.39 is 10.0 Å². The standard InChI is InChI=1S/C24H32ClN7O4S/c1-18(33)26-22-5-7-32(27-22)23(34)29-11-9-28(10-12-29)14-19-3-4-20(25)13-21(19)30-8-6-24(15-30)16-31(17-24)37(2,35)36/h3-5,7,13H,6,8-12,14-17H2,1-2H3,(H,26,27,33). The molecule has 0 unspecified atom stereocenters. The van der Waals surface area contributed by atoms with E-state index in [4.69, 9.17) is 11.6 Å². The predicted octanol–water partition coefficient (Wildman–Crippen LogP) is 1.75. The summed E-state index contributed by atoms with van der Waals surface area (Å²) >= 11 is 6.38. The molecule has 200 valence electrons. The number of aromatic nitrogens is 2. The fourth-order valence-corrected chi connectivity index (χ4v) is 6.64. The number of sulfonamides is 1. The molecule has 0 atom stereocenters. The van der Waals surface area contributed by atoms with Crippen LogP contribution in [-0.4, -0.2) is 103 Å². The van der Waals surface area contributed by atoms with Crippen LogP contribution in [-0.2, 0) is 21.4 Å². The van der Waals surface area contributed by atoms with Crippen LogP contribution in [0.4, 0.5) is 16.3 Å². The number of rotatable bonds is 5. The molecule has 2 aromatic rings. The number of carbonyl (C=O) groups excluding carboxylic acids is 2. The fraction of sp³-hybridized carbons (Fsp3) is 0.542. The maximum atomic E-state index is 12.8. The first kappa shape index (κ1) is 26.0. The van der Waals surface area contributed by atoms with Gasteiger partial charge in [-0.3, -0.25) is 9.69 Å². The van der Waals surface area contributed by atoms with Crippen LogP contribution in [0, 0.1) is 5.41 Å². The van der Waals surface area contributed by atoms with E-state index in [0.717, 1.165) is 44.8 Å². The average molecular weight is 550 g/mol. The highest BCUT2D eigenvalue weighted by Crippen LogP contribution is 2.43. The van der Waals surface area contributed by atoms with E-state index >= 15 is 0 Å². The zero-order valence-corrected chi connectivity index (χ0v) is 22.6. The Morgan fingerprint density at radius 1 is 1.08 bits per heavy atom. The highest BCUT2D eigenvalue weighted by atomic mass is 35.5. The third-order valence-corrected chi connectivity index (χ3v) is 8.88. The Kier molecular flexibility index (Phi) is 6.94. The smallest absolute Gasteiger partial charge is 0.344 e. The summed E-state index contributed by atoms with van der Waals surface area (Å²) in [5, 5.41) is 7.40. The molecule has 1 spiro atoms. The second-order valence-electron chi connectivity index (χ2n) is 10.3. The van der Waals surface area contributed by atoms with Gasteiger partial charge in [-0.15, -0.1) is 5.10 Å². The molecule has 11 nitrogen and oxygen atoms in total. The molecule has 1 aromatic carbocycles. The van der Waals surface area contributed by atoms with Gasteiger partial charge < -0.3 is 15.1 Å². The predicted molar refractivity (Wildman–Crippen MR) is 141 cm³/mol. The van der Waals surface area contributed by atoms with Crippen molar-refractivity contribution < 1.29 is 18.0 Å². The molecule has 5 rings (SSSR count). The maximum absolute atomic E-state index is 12.8. The van der Waals surface area contributed by atoms with Gasteiger partial charge in [0.05, 0.1) is 6.26 Å². The molecule has 37 heavy (non-hydrogen) atoms. The number of hydrogen-bond donors (Lipinski definition) is 1. The zero-order chi connectivity index (χ0) is 26.4. The van der Waals surface area contributed by atoms with E-state index in [1.807, 2.05) is 12.1 Å². The SMILES string of the molecule is CC(=O)Nc1ccn(C(=O)N2CCN(Cc3ccc(Cl)cc3N3CCC4(C3)CN(S(C)(=O)=O)C4)CC2)n1. The van der Waals surface area contributed by atoms with Gasteiger partial charge in [-0.25, -0.2) is 17.5 Å². The van der Waals surface area contributed by atoms with Gasteiger partial charge >= 0.3 is 6.03 Å². The summed E-state index contributed by atoms with van der Waals surface area (Å²) in [6.45, 7) is 7.58. The van der Waals surface area contributed by atoms with Crippen LogP contribution in [0.2, 0.25) is 5.02 Å². The minimum absolute atomic E-state index is 0.0148. The minimum atomic E-state index is -3.14. The van der Waals surface area contributed by atoms with Crippen LogP contribution in [0.25, 0.3) is 0 Å². The van der Waals surface area contributed by atoms with Gasteiger partial charge in [0.1, 0.15) is 0 Å². The largest absolute Gasteiger partial charge is 0.371 e. The van der Waals surface area contributed by atoms with E-state index in [1.54, 1.807) is 21.5 Å². The van der Waals surface area contributed by atoms with E-state index in [2.05, 4.69) is 26.3 Å². The van der Waals surface area contributed by atoms with Crippen molar-refractivity contribution in [1.82, 2.24) is 23.9 Å². The molecular weight excluding hydrogens is 518 g/mol. The molecule has 0 aliphatic carbocycles. The van der Waals surface area contributed by atoms with Crippen molar-refractivity contribution in [3.63, 3.8) is 0 Å². The number of benzene rings is 1. The minimum Gasteiger partial charge on any atom is -0.371 e. The number of amides is 2. The lowest BCUT2D eigenvalue weighted by molar-refractivity contribution is -0.114. The van der Waals surface area contributed by atoms with E-state index in [0.29, 0.717) is 37.0 Å². The Bertz CT molecular complexity index is 1300. The first-order valence-electron chi connectivity index (χ1n) is 12.3. The summed E-state index contributed by atoms with van der Waals surface area (Å²) in [5.74, 6) is 0.116. The molecule has 3 aliphatic rings. The maximum Gasteiger partial charge on any atom is 0.344 e. The van der Waals surface area contributed by atoms with Gasteiger partial charge in [0, 0.05) is 94.2 Å². The van der Waals surface area contributed by atoms with Crippen LogP contribution >= 0.6 is 11.6 Å². The molecule has 3 fully saturated rings. The van der Waals surface area contributed by atoms with Crippen molar-refractivity contribution in [2.75, 3.05) is 68.8 Å². The highest BCUT2D eigenvalue weighted by molar-refractivity contribution is 7.88. The zero-order valence-electron chi connectivity index (χ0n) is 21.1. The second-order valence-corrected chi connectivity index (χ2v) is 12.8. The van der Waals surface area contributed by atoms with Crippen molar-refractivity contribution in [2.24, 2.45) is 5.41 Å². The van der Waals surface area contributed by atoms with E-state index in [-0.39, 0.29) is 17.4 Å². The lowest BCUT2D eigenvalue weighted by Crippen LogP contribution is -2.59. The summed E-state index contributed by atoms with van der Waals surface area (Å²) in [6, 6.07) is 7.37. The number of piperazine rings is 1. The summed E-state index contributed by atoms with van der Waals surface area (Å²) in [5.41, 5.74) is 2.29. The molecule has 4 heterocycles. The first-order chi connectivity index (χ1) is 17.5. The number of nitrogens with zero attached hydrogens (tertiary/aromatic N) is 6. The quantitative estimate of drug-likeness (QED) is 0.605.